The number of carbonyl (C=O) groups excluding carboxylic acids is 1. The summed E-state index contributed by atoms with van der Waals surface area (Å²) in [7, 11) is 0. The molecule has 0 saturated heterocycles. The van der Waals surface area contributed by atoms with E-state index in [1.807, 2.05) is 24.3 Å². The van der Waals surface area contributed by atoms with Gasteiger partial charge in [0.1, 0.15) is 0 Å². The van der Waals surface area contributed by atoms with Crippen LogP contribution >= 0.6 is 0 Å². The van der Waals surface area contributed by atoms with Crippen molar-refractivity contribution in [3.63, 3.8) is 0 Å². The molecule has 0 aromatic heterocycles. The molecule has 3 rings (SSSR count). The van der Waals surface area contributed by atoms with Crippen molar-refractivity contribution in [1.29, 1.82) is 0 Å². The van der Waals surface area contributed by atoms with E-state index in [0.29, 0.717) is 6.54 Å². The average Bonchev–Trinajstić information content (AvgIpc) is 2.83. The van der Waals surface area contributed by atoms with Crippen LogP contribution in [-0.4, -0.2) is 27.9 Å². The molecule has 1 heterocycles. The Morgan fingerprint density at radius 1 is 1.33 bits per heavy atom. The standard InChI is InChI=1S/C17H19NO3/c19-16(20)10-15(12-6-2-1-3-7-12)18-11-13-8-4-5-9-14(13)17(18)21/h1-2,4-5,8-9,12,15H,3,6-7,10-11H2,(H,19,20)/t12-,15+/m1/s1. The molecule has 0 unspecified atom stereocenters. The molecule has 110 valence electrons. The number of fused-ring (bicyclic) bond motifs is 1. The third-order valence-electron chi connectivity index (χ3n) is 4.49. The lowest BCUT2D eigenvalue weighted by Gasteiger charge is -2.34. The number of rotatable bonds is 4. The van der Waals surface area contributed by atoms with Gasteiger partial charge in [-0.1, -0.05) is 30.4 Å². The van der Waals surface area contributed by atoms with E-state index in [9.17, 15) is 14.7 Å². The Morgan fingerprint density at radius 3 is 2.81 bits per heavy atom. The fraction of sp³-hybridized carbons (Fsp3) is 0.412. The van der Waals surface area contributed by atoms with Crippen molar-refractivity contribution in [2.24, 2.45) is 5.92 Å². The first-order chi connectivity index (χ1) is 10.2. The summed E-state index contributed by atoms with van der Waals surface area (Å²) in [4.78, 5) is 25.6. The molecule has 0 bridgehead atoms. The van der Waals surface area contributed by atoms with Gasteiger partial charge in [-0.2, -0.15) is 0 Å². The maximum absolute atomic E-state index is 12.6. The summed E-state index contributed by atoms with van der Waals surface area (Å²) in [5.41, 5.74) is 1.73. The van der Waals surface area contributed by atoms with Crippen molar-refractivity contribution < 1.29 is 14.7 Å². The van der Waals surface area contributed by atoms with Gasteiger partial charge in [-0.05, 0) is 36.8 Å². The van der Waals surface area contributed by atoms with E-state index in [1.54, 1.807) is 4.90 Å². The molecule has 1 aromatic rings. The zero-order valence-corrected chi connectivity index (χ0v) is 11.9. The number of carboxylic acids is 1. The molecule has 1 amide bonds. The van der Waals surface area contributed by atoms with Crippen LogP contribution in [0.1, 0.15) is 41.6 Å². The Bertz CT molecular complexity index is 593. The Balaban J connectivity index is 1.86. The highest BCUT2D eigenvalue weighted by Crippen LogP contribution is 2.33. The molecule has 0 fully saturated rings. The van der Waals surface area contributed by atoms with E-state index in [0.717, 1.165) is 30.4 Å². The van der Waals surface area contributed by atoms with E-state index >= 15 is 0 Å². The number of nitrogens with zero attached hydrogens (tertiary/aromatic N) is 1. The normalized spacial score (nSPS) is 22.2. The van der Waals surface area contributed by atoms with E-state index in [-0.39, 0.29) is 24.3 Å². The molecule has 1 aliphatic heterocycles. The highest BCUT2D eigenvalue weighted by Gasteiger charge is 2.37. The first kappa shape index (κ1) is 13.9. The molecule has 1 aliphatic carbocycles. The van der Waals surface area contributed by atoms with Crippen LogP contribution in [0.3, 0.4) is 0 Å². The highest BCUT2D eigenvalue weighted by atomic mass is 16.4. The van der Waals surface area contributed by atoms with Crippen LogP contribution in [0.5, 0.6) is 0 Å². The summed E-state index contributed by atoms with van der Waals surface area (Å²) in [6.45, 7) is 0.535. The fourth-order valence-corrected chi connectivity index (χ4v) is 3.42. The molecular weight excluding hydrogens is 266 g/mol. The number of hydrogen-bond acceptors (Lipinski definition) is 2. The van der Waals surface area contributed by atoms with Crippen LogP contribution in [-0.2, 0) is 11.3 Å². The minimum atomic E-state index is -0.835. The summed E-state index contributed by atoms with van der Waals surface area (Å²) in [6.07, 6.45) is 7.05. The number of allylic oxidation sites excluding steroid dienone is 2. The van der Waals surface area contributed by atoms with Gasteiger partial charge in [0.05, 0.1) is 6.42 Å². The van der Waals surface area contributed by atoms with E-state index in [4.69, 9.17) is 0 Å². The SMILES string of the molecule is O=C(O)C[C@@H]([C@@H]1CC=CCC1)N1Cc2ccccc2C1=O. The lowest BCUT2D eigenvalue weighted by Crippen LogP contribution is -2.42. The maximum atomic E-state index is 12.6. The molecule has 0 spiro atoms. The van der Waals surface area contributed by atoms with Gasteiger partial charge >= 0.3 is 5.97 Å². The lowest BCUT2D eigenvalue weighted by molar-refractivity contribution is -0.138. The predicted octanol–water partition coefficient (Wildman–Crippen LogP) is 2.84. The molecule has 4 nitrogen and oxygen atoms in total. The van der Waals surface area contributed by atoms with E-state index in [1.165, 1.54) is 0 Å². The smallest absolute Gasteiger partial charge is 0.305 e. The minimum Gasteiger partial charge on any atom is -0.481 e. The third kappa shape index (κ3) is 2.71. The van der Waals surface area contributed by atoms with Crippen LogP contribution in [0.4, 0.5) is 0 Å². The summed E-state index contributed by atoms with van der Waals surface area (Å²) in [6, 6.07) is 7.34. The van der Waals surface area contributed by atoms with Gasteiger partial charge < -0.3 is 10.0 Å². The molecule has 4 heteroatoms. The number of benzene rings is 1. The van der Waals surface area contributed by atoms with Crippen molar-refractivity contribution in [3.8, 4) is 0 Å². The second kappa shape index (κ2) is 5.72. The monoisotopic (exact) mass is 285 g/mol. The second-order valence-electron chi connectivity index (χ2n) is 5.80. The van der Waals surface area contributed by atoms with E-state index in [2.05, 4.69) is 12.2 Å². The van der Waals surface area contributed by atoms with Gasteiger partial charge in [-0.25, -0.2) is 0 Å². The van der Waals surface area contributed by atoms with Gasteiger partial charge in [0, 0.05) is 18.2 Å². The molecule has 21 heavy (non-hydrogen) atoms. The number of carboxylic acid groups (broad SMARTS) is 1. The summed E-state index contributed by atoms with van der Waals surface area (Å²) < 4.78 is 0. The van der Waals surface area contributed by atoms with Gasteiger partial charge in [0.2, 0.25) is 0 Å². The number of hydrogen-bond donors (Lipinski definition) is 1. The highest BCUT2D eigenvalue weighted by molar-refractivity contribution is 5.98. The zero-order valence-electron chi connectivity index (χ0n) is 11.9. The lowest BCUT2D eigenvalue weighted by atomic mass is 9.85. The second-order valence-corrected chi connectivity index (χ2v) is 5.80. The number of amides is 1. The quantitative estimate of drug-likeness (QED) is 0.865. The largest absolute Gasteiger partial charge is 0.481 e. The molecule has 2 atom stereocenters. The molecular formula is C17H19NO3. The molecule has 0 saturated carbocycles. The van der Waals surface area contributed by atoms with Crippen molar-refractivity contribution in [2.75, 3.05) is 0 Å². The molecule has 2 aliphatic rings. The van der Waals surface area contributed by atoms with Crippen LogP contribution in [0, 0.1) is 5.92 Å². The van der Waals surface area contributed by atoms with Gasteiger partial charge in [-0.15, -0.1) is 0 Å². The van der Waals surface area contributed by atoms with Gasteiger partial charge in [0.15, 0.2) is 0 Å². The third-order valence-corrected chi connectivity index (χ3v) is 4.49. The topological polar surface area (TPSA) is 57.6 Å². The predicted molar refractivity (Wildman–Crippen MR) is 78.8 cm³/mol. The molecule has 1 N–H and O–H groups in total. The Morgan fingerprint density at radius 2 is 2.14 bits per heavy atom. The van der Waals surface area contributed by atoms with Crippen molar-refractivity contribution in [2.45, 2.75) is 38.3 Å². The fourth-order valence-electron chi connectivity index (χ4n) is 3.42. The van der Waals surface area contributed by atoms with Crippen LogP contribution in [0.25, 0.3) is 0 Å². The number of carbonyl (C=O) groups is 2. The summed E-state index contributed by atoms with van der Waals surface area (Å²) >= 11 is 0. The Labute approximate surface area is 124 Å². The van der Waals surface area contributed by atoms with Gasteiger partial charge in [0.25, 0.3) is 5.91 Å². The summed E-state index contributed by atoms with van der Waals surface area (Å²) in [5.74, 6) is -0.617. The van der Waals surface area contributed by atoms with E-state index < -0.39 is 5.97 Å². The molecule has 0 radical (unpaired) electrons. The Hall–Kier alpha value is -2.10. The van der Waals surface area contributed by atoms with Crippen molar-refractivity contribution in [1.82, 2.24) is 4.90 Å². The number of aliphatic carboxylic acids is 1. The van der Waals surface area contributed by atoms with Crippen LogP contribution in [0.2, 0.25) is 0 Å². The van der Waals surface area contributed by atoms with Gasteiger partial charge in [-0.3, -0.25) is 9.59 Å². The molecule has 1 aromatic carbocycles. The van der Waals surface area contributed by atoms with Crippen molar-refractivity contribution >= 4 is 11.9 Å². The van der Waals surface area contributed by atoms with Crippen LogP contribution < -0.4 is 0 Å². The first-order valence-corrected chi connectivity index (χ1v) is 7.42. The zero-order chi connectivity index (χ0) is 14.8. The average molecular weight is 285 g/mol. The van der Waals surface area contributed by atoms with Crippen molar-refractivity contribution in [3.05, 3.63) is 47.5 Å². The summed E-state index contributed by atoms with van der Waals surface area (Å²) in [5, 5.41) is 9.22. The minimum absolute atomic E-state index is 0.0218. The first-order valence-electron chi connectivity index (χ1n) is 7.42. The Kier molecular flexibility index (Phi) is 3.78. The maximum Gasteiger partial charge on any atom is 0.305 e. The van der Waals surface area contributed by atoms with Crippen LogP contribution in [0.15, 0.2) is 36.4 Å².